The van der Waals surface area contributed by atoms with Gasteiger partial charge in [-0.25, -0.2) is 4.68 Å². The van der Waals surface area contributed by atoms with Gasteiger partial charge in [-0.15, -0.1) is 0 Å². The zero-order chi connectivity index (χ0) is 10.0. The molecule has 0 saturated heterocycles. The van der Waals surface area contributed by atoms with E-state index >= 15 is 0 Å². The van der Waals surface area contributed by atoms with Crippen LogP contribution in [0.25, 0.3) is 0 Å². The van der Waals surface area contributed by atoms with Crippen molar-refractivity contribution in [2.45, 2.75) is 25.5 Å². The van der Waals surface area contributed by atoms with Crippen molar-refractivity contribution < 1.29 is 0 Å². The highest BCUT2D eigenvalue weighted by molar-refractivity contribution is 7.79. The fourth-order valence-electron chi connectivity index (χ4n) is 1.09. The van der Waals surface area contributed by atoms with E-state index in [1.807, 2.05) is 6.07 Å². The average Bonchev–Trinajstić information content (AvgIpc) is 2.09. The summed E-state index contributed by atoms with van der Waals surface area (Å²) in [6.45, 7) is 4.10. The zero-order valence-corrected chi connectivity index (χ0v) is 9.01. The third-order valence-corrected chi connectivity index (χ3v) is 2.26. The highest BCUT2D eigenvalue weighted by Gasteiger charge is 2.07. The monoisotopic (exact) mass is 198 g/mol. The van der Waals surface area contributed by atoms with Crippen LogP contribution in [-0.4, -0.2) is 9.78 Å². The van der Waals surface area contributed by atoms with Crippen molar-refractivity contribution >= 4 is 12.6 Å². The number of aryl methyl sites for hydroxylation is 1. The van der Waals surface area contributed by atoms with Gasteiger partial charge in [0, 0.05) is 18.4 Å². The number of hydrogen-bond donors (Lipinski definition) is 1. The first-order chi connectivity index (χ1) is 6.06. The van der Waals surface area contributed by atoms with E-state index in [1.54, 1.807) is 7.05 Å². The molecular formula is C9H14N2OS. The van der Waals surface area contributed by atoms with E-state index in [2.05, 4.69) is 31.6 Å². The second-order valence-electron chi connectivity index (χ2n) is 3.34. The van der Waals surface area contributed by atoms with Crippen LogP contribution >= 0.6 is 12.6 Å². The highest BCUT2D eigenvalue weighted by Crippen LogP contribution is 2.10. The first-order valence-corrected chi connectivity index (χ1v) is 4.87. The molecule has 0 amide bonds. The Bertz CT molecular complexity index is 357. The van der Waals surface area contributed by atoms with Crippen molar-refractivity contribution in [2.24, 2.45) is 7.05 Å². The van der Waals surface area contributed by atoms with E-state index in [9.17, 15) is 4.79 Å². The third kappa shape index (κ3) is 2.12. The van der Waals surface area contributed by atoms with Gasteiger partial charge in [0.05, 0.1) is 5.69 Å². The normalized spacial score (nSPS) is 10.8. The SMILES string of the molecule is CC(C)c1cc(CS)c(=O)n(C)n1. The van der Waals surface area contributed by atoms with Crippen molar-refractivity contribution in [2.75, 3.05) is 0 Å². The Kier molecular flexibility index (Phi) is 3.14. The van der Waals surface area contributed by atoms with E-state index in [1.165, 1.54) is 4.68 Å². The zero-order valence-electron chi connectivity index (χ0n) is 8.11. The highest BCUT2D eigenvalue weighted by atomic mass is 32.1. The van der Waals surface area contributed by atoms with Crippen molar-refractivity contribution in [3.63, 3.8) is 0 Å². The van der Waals surface area contributed by atoms with Crippen LogP contribution in [0.4, 0.5) is 0 Å². The molecule has 0 aliphatic rings. The summed E-state index contributed by atoms with van der Waals surface area (Å²) in [5.74, 6) is 0.806. The lowest BCUT2D eigenvalue weighted by atomic mass is 10.1. The topological polar surface area (TPSA) is 34.9 Å². The fourth-order valence-corrected chi connectivity index (χ4v) is 1.32. The molecule has 0 aromatic carbocycles. The molecule has 0 bridgehead atoms. The predicted molar refractivity (Wildman–Crippen MR) is 56.3 cm³/mol. The molecule has 0 fully saturated rings. The maximum Gasteiger partial charge on any atom is 0.270 e. The lowest BCUT2D eigenvalue weighted by molar-refractivity contribution is 0.646. The number of thiol groups is 1. The van der Waals surface area contributed by atoms with E-state index < -0.39 is 0 Å². The summed E-state index contributed by atoms with van der Waals surface area (Å²) in [5.41, 5.74) is 1.59. The van der Waals surface area contributed by atoms with E-state index in [4.69, 9.17) is 0 Å². The minimum absolute atomic E-state index is 0.0561. The molecule has 1 rings (SSSR count). The van der Waals surface area contributed by atoms with Gasteiger partial charge in [0.15, 0.2) is 0 Å². The van der Waals surface area contributed by atoms with Gasteiger partial charge in [0.1, 0.15) is 0 Å². The number of rotatable bonds is 2. The van der Waals surface area contributed by atoms with Gasteiger partial charge in [-0.3, -0.25) is 4.79 Å². The Morgan fingerprint density at radius 2 is 2.23 bits per heavy atom. The molecule has 72 valence electrons. The smallest absolute Gasteiger partial charge is 0.267 e. The quantitative estimate of drug-likeness (QED) is 0.728. The van der Waals surface area contributed by atoms with Crippen LogP contribution in [0.3, 0.4) is 0 Å². The maximum absolute atomic E-state index is 11.4. The summed E-state index contributed by atoms with van der Waals surface area (Å²) in [4.78, 5) is 11.4. The summed E-state index contributed by atoms with van der Waals surface area (Å²) in [5, 5.41) is 4.15. The van der Waals surface area contributed by atoms with Crippen molar-refractivity contribution in [1.29, 1.82) is 0 Å². The van der Waals surface area contributed by atoms with Gasteiger partial charge >= 0.3 is 0 Å². The van der Waals surface area contributed by atoms with E-state index in [0.29, 0.717) is 17.2 Å². The molecule has 1 aromatic rings. The van der Waals surface area contributed by atoms with Crippen LogP contribution in [0, 0.1) is 0 Å². The minimum Gasteiger partial charge on any atom is -0.267 e. The second-order valence-corrected chi connectivity index (χ2v) is 3.65. The van der Waals surface area contributed by atoms with Gasteiger partial charge in [0.25, 0.3) is 5.56 Å². The Balaban J connectivity index is 3.30. The van der Waals surface area contributed by atoms with E-state index in [0.717, 1.165) is 5.69 Å². The number of nitrogens with zero attached hydrogens (tertiary/aromatic N) is 2. The molecule has 0 spiro atoms. The minimum atomic E-state index is -0.0561. The first kappa shape index (κ1) is 10.3. The molecule has 3 nitrogen and oxygen atoms in total. The molecule has 1 aromatic heterocycles. The summed E-state index contributed by atoms with van der Waals surface area (Å²) in [7, 11) is 1.67. The molecule has 0 saturated carbocycles. The van der Waals surface area contributed by atoms with Gasteiger partial charge in [0.2, 0.25) is 0 Å². The standard InChI is InChI=1S/C9H14N2OS/c1-6(2)8-4-7(5-13)9(12)11(3)10-8/h4,6,13H,5H2,1-3H3. The Hall–Kier alpha value is -0.770. The summed E-state index contributed by atoms with van der Waals surface area (Å²) < 4.78 is 1.38. The molecule has 0 unspecified atom stereocenters. The lowest BCUT2D eigenvalue weighted by Crippen LogP contribution is -2.24. The summed E-state index contributed by atoms with van der Waals surface area (Å²) in [6.07, 6.45) is 0. The molecule has 0 aliphatic carbocycles. The Morgan fingerprint density at radius 3 is 2.69 bits per heavy atom. The molecule has 1 heterocycles. The van der Waals surface area contributed by atoms with Gasteiger partial charge in [-0.2, -0.15) is 17.7 Å². The van der Waals surface area contributed by atoms with Gasteiger partial charge in [-0.05, 0) is 12.0 Å². The average molecular weight is 198 g/mol. The Labute approximate surface area is 83.2 Å². The van der Waals surface area contributed by atoms with Crippen molar-refractivity contribution in [3.05, 3.63) is 27.7 Å². The van der Waals surface area contributed by atoms with Gasteiger partial charge < -0.3 is 0 Å². The lowest BCUT2D eigenvalue weighted by Gasteiger charge is -2.07. The number of aromatic nitrogens is 2. The fraction of sp³-hybridized carbons (Fsp3) is 0.556. The molecule has 13 heavy (non-hydrogen) atoms. The molecule has 0 atom stereocenters. The van der Waals surface area contributed by atoms with Crippen molar-refractivity contribution in [3.8, 4) is 0 Å². The van der Waals surface area contributed by atoms with Crippen molar-refractivity contribution in [1.82, 2.24) is 9.78 Å². The molecule has 4 heteroatoms. The molecular weight excluding hydrogens is 184 g/mol. The predicted octanol–water partition coefficient (Wildman–Crippen LogP) is 1.33. The molecule has 0 N–H and O–H groups in total. The Morgan fingerprint density at radius 1 is 1.62 bits per heavy atom. The third-order valence-electron chi connectivity index (χ3n) is 1.92. The first-order valence-electron chi connectivity index (χ1n) is 4.24. The van der Waals surface area contributed by atoms with E-state index in [-0.39, 0.29) is 5.56 Å². The molecule has 0 radical (unpaired) electrons. The van der Waals surface area contributed by atoms with Crippen LogP contribution in [0.1, 0.15) is 31.0 Å². The summed E-state index contributed by atoms with van der Waals surface area (Å²) in [6, 6.07) is 1.83. The van der Waals surface area contributed by atoms with Crippen LogP contribution < -0.4 is 5.56 Å². The van der Waals surface area contributed by atoms with Crippen LogP contribution in [0.15, 0.2) is 10.9 Å². The van der Waals surface area contributed by atoms with Crippen LogP contribution in [0.5, 0.6) is 0 Å². The largest absolute Gasteiger partial charge is 0.270 e. The second kappa shape index (κ2) is 3.96. The number of hydrogen-bond acceptors (Lipinski definition) is 3. The molecule has 0 aliphatic heterocycles. The van der Waals surface area contributed by atoms with Gasteiger partial charge in [-0.1, -0.05) is 13.8 Å². The summed E-state index contributed by atoms with van der Waals surface area (Å²) >= 11 is 4.10. The van der Waals surface area contributed by atoms with Crippen LogP contribution in [0.2, 0.25) is 0 Å². The maximum atomic E-state index is 11.4. The van der Waals surface area contributed by atoms with Crippen LogP contribution in [-0.2, 0) is 12.8 Å².